The third-order valence-electron chi connectivity index (χ3n) is 5.04. The van der Waals surface area contributed by atoms with Gasteiger partial charge in [-0.2, -0.15) is 0 Å². The van der Waals surface area contributed by atoms with E-state index in [0.717, 1.165) is 11.3 Å². The van der Waals surface area contributed by atoms with Gasteiger partial charge >= 0.3 is 0 Å². The highest BCUT2D eigenvalue weighted by Crippen LogP contribution is 2.31. The van der Waals surface area contributed by atoms with Crippen LogP contribution in [0.3, 0.4) is 0 Å². The monoisotopic (exact) mass is 417 g/mol. The normalized spacial score (nSPS) is 10.7. The molecule has 0 aliphatic heterocycles. The van der Waals surface area contributed by atoms with E-state index in [4.69, 9.17) is 19.2 Å². The highest BCUT2D eigenvalue weighted by Gasteiger charge is 2.15. The number of hydrogen-bond acceptors (Lipinski definition) is 6. The molecule has 4 aromatic rings. The smallest absolute Gasteiger partial charge is 0.280 e. The summed E-state index contributed by atoms with van der Waals surface area (Å²) in [5.41, 5.74) is 5.28. The maximum atomic E-state index is 13.3. The van der Waals surface area contributed by atoms with Gasteiger partial charge in [-0.05, 0) is 36.4 Å². The van der Waals surface area contributed by atoms with Gasteiger partial charge < -0.3 is 19.6 Å². The van der Waals surface area contributed by atoms with E-state index in [9.17, 15) is 4.79 Å². The minimum Gasteiger partial charge on any atom is -0.496 e. The number of ether oxygens (including phenoxy) is 3. The number of hydrogen-bond donors (Lipinski definition) is 1. The average molecular weight is 417 g/mol. The maximum absolute atomic E-state index is 13.3. The summed E-state index contributed by atoms with van der Waals surface area (Å²) in [6.07, 6.45) is 0. The van der Waals surface area contributed by atoms with Gasteiger partial charge in [0.1, 0.15) is 5.75 Å². The number of methoxy groups -OCH3 is 3. The molecule has 0 saturated heterocycles. The number of nitrogens with zero attached hydrogens (tertiary/aromatic N) is 2. The molecule has 0 unspecified atom stereocenters. The molecule has 1 heterocycles. The zero-order valence-electron chi connectivity index (χ0n) is 17.6. The van der Waals surface area contributed by atoms with Crippen LogP contribution in [0.1, 0.15) is 5.56 Å². The topological polar surface area (TPSA) is 74.6 Å². The summed E-state index contributed by atoms with van der Waals surface area (Å²) in [7, 11) is 4.77. The molecule has 0 aliphatic carbocycles. The molecule has 0 fully saturated rings. The lowest BCUT2D eigenvalue weighted by atomic mass is 10.1. The van der Waals surface area contributed by atoms with Gasteiger partial charge in [0.25, 0.3) is 5.56 Å². The lowest BCUT2D eigenvalue weighted by molar-refractivity contribution is 0.355. The van der Waals surface area contributed by atoms with E-state index >= 15 is 0 Å². The lowest BCUT2D eigenvalue weighted by Crippen LogP contribution is -2.31. The summed E-state index contributed by atoms with van der Waals surface area (Å²) >= 11 is 0. The van der Waals surface area contributed by atoms with Crippen LogP contribution in [0.4, 0.5) is 0 Å². The Morgan fingerprint density at radius 2 is 1.55 bits per heavy atom. The van der Waals surface area contributed by atoms with Crippen molar-refractivity contribution < 1.29 is 14.2 Å². The van der Waals surface area contributed by atoms with Gasteiger partial charge in [-0.3, -0.25) is 4.79 Å². The molecule has 0 bridgehead atoms. The fourth-order valence-electron chi connectivity index (χ4n) is 3.46. The van der Waals surface area contributed by atoms with Gasteiger partial charge in [0.2, 0.25) is 0 Å². The summed E-state index contributed by atoms with van der Waals surface area (Å²) in [4.78, 5) is 18.1. The molecule has 31 heavy (non-hydrogen) atoms. The van der Waals surface area contributed by atoms with E-state index < -0.39 is 0 Å². The van der Waals surface area contributed by atoms with Crippen LogP contribution in [0.15, 0.2) is 71.5 Å². The molecule has 7 heteroatoms. The predicted molar refractivity (Wildman–Crippen MR) is 121 cm³/mol. The number of aromatic nitrogens is 2. The molecule has 158 valence electrons. The first-order chi connectivity index (χ1) is 15.2. The average Bonchev–Trinajstić information content (AvgIpc) is 2.83. The molecule has 1 N–H and O–H groups in total. The summed E-state index contributed by atoms with van der Waals surface area (Å²) in [6.45, 7) is 0.379. The molecule has 4 rings (SSSR count). The highest BCUT2D eigenvalue weighted by molar-refractivity contribution is 5.80. The minimum atomic E-state index is -0.190. The van der Waals surface area contributed by atoms with E-state index in [2.05, 4.69) is 5.43 Å². The van der Waals surface area contributed by atoms with Crippen LogP contribution in [0.2, 0.25) is 0 Å². The largest absolute Gasteiger partial charge is 0.496 e. The van der Waals surface area contributed by atoms with E-state index in [0.29, 0.717) is 40.3 Å². The van der Waals surface area contributed by atoms with Gasteiger partial charge in [0.05, 0.1) is 38.8 Å². The van der Waals surface area contributed by atoms with Crippen LogP contribution in [0, 0.1) is 0 Å². The molecule has 0 atom stereocenters. The minimum absolute atomic E-state index is 0.190. The Hall–Kier alpha value is -4.00. The van der Waals surface area contributed by atoms with Crippen molar-refractivity contribution in [2.45, 2.75) is 6.54 Å². The van der Waals surface area contributed by atoms with Crippen molar-refractivity contribution in [2.75, 3.05) is 26.8 Å². The summed E-state index contributed by atoms with van der Waals surface area (Å²) in [5.74, 6) is 2.37. The molecular weight excluding hydrogens is 394 g/mol. The van der Waals surface area contributed by atoms with Crippen molar-refractivity contribution in [3.05, 3.63) is 82.6 Å². The molecule has 3 aromatic carbocycles. The van der Waals surface area contributed by atoms with Crippen molar-refractivity contribution in [1.29, 1.82) is 0 Å². The molecule has 0 radical (unpaired) electrons. The second-order valence-corrected chi connectivity index (χ2v) is 6.81. The van der Waals surface area contributed by atoms with Crippen LogP contribution >= 0.6 is 0 Å². The Bertz CT molecular complexity index is 1280. The van der Waals surface area contributed by atoms with Crippen molar-refractivity contribution in [3.63, 3.8) is 0 Å². The highest BCUT2D eigenvalue weighted by atomic mass is 16.5. The molecule has 0 aliphatic rings. The van der Waals surface area contributed by atoms with Crippen LogP contribution in [-0.2, 0) is 6.54 Å². The van der Waals surface area contributed by atoms with Gasteiger partial charge in [0, 0.05) is 11.1 Å². The van der Waals surface area contributed by atoms with E-state index in [1.165, 1.54) is 4.68 Å². The maximum Gasteiger partial charge on any atom is 0.280 e. The Morgan fingerprint density at radius 1 is 0.839 bits per heavy atom. The molecular formula is C24H23N3O4. The van der Waals surface area contributed by atoms with E-state index in [-0.39, 0.29) is 5.56 Å². The van der Waals surface area contributed by atoms with Crippen molar-refractivity contribution in [3.8, 4) is 28.6 Å². The van der Waals surface area contributed by atoms with Crippen molar-refractivity contribution >= 4 is 10.9 Å². The quantitative estimate of drug-likeness (QED) is 0.493. The standard InChI is InChI=1S/C24H23N3O4/c1-29-20-11-7-4-8-17(20)15-25-27-23(16-12-13-21(30-2)22(14-16)31-3)26-19-10-6-5-9-18(19)24(27)28/h4-14,25H,15H2,1-3H3. The third kappa shape index (κ3) is 3.90. The Kier molecular flexibility index (Phi) is 5.75. The van der Waals surface area contributed by atoms with Crippen LogP contribution in [-0.4, -0.2) is 31.0 Å². The van der Waals surface area contributed by atoms with E-state index in [1.54, 1.807) is 39.5 Å². The number of para-hydroxylation sites is 2. The summed E-state index contributed by atoms with van der Waals surface area (Å²) < 4.78 is 17.7. The zero-order valence-corrected chi connectivity index (χ0v) is 17.6. The molecule has 0 spiro atoms. The second-order valence-electron chi connectivity index (χ2n) is 6.81. The van der Waals surface area contributed by atoms with Crippen LogP contribution in [0.25, 0.3) is 22.3 Å². The van der Waals surface area contributed by atoms with Crippen LogP contribution in [0.5, 0.6) is 17.2 Å². The first-order valence-corrected chi connectivity index (χ1v) is 9.76. The second kappa shape index (κ2) is 8.79. The summed E-state index contributed by atoms with van der Waals surface area (Å²) in [6, 6.07) is 20.4. The first kappa shape index (κ1) is 20.3. The van der Waals surface area contributed by atoms with Gasteiger partial charge in [-0.15, -0.1) is 0 Å². The fraction of sp³-hybridized carbons (Fsp3) is 0.167. The zero-order chi connectivity index (χ0) is 21.8. The number of rotatable bonds is 7. The van der Waals surface area contributed by atoms with Crippen molar-refractivity contribution in [2.24, 2.45) is 0 Å². The van der Waals surface area contributed by atoms with Crippen molar-refractivity contribution in [1.82, 2.24) is 9.66 Å². The van der Waals surface area contributed by atoms with Gasteiger partial charge in [-0.25, -0.2) is 9.66 Å². The molecule has 7 nitrogen and oxygen atoms in total. The molecule has 0 saturated carbocycles. The molecule has 0 amide bonds. The third-order valence-corrected chi connectivity index (χ3v) is 5.04. The Labute approximate surface area is 179 Å². The SMILES string of the molecule is COc1ccccc1CNn1c(-c2ccc(OC)c(OC)c2)nc2ccccc2c1=O. The lowest BCUT2D eigenvalue weighted by Gasteiger charge is -2.17. The van der Waals surface area contributed by atoms with Gasteiger partial charge in [0.15, 0.2) is 17.3 Å². The number of nitrogens with one attached hydrogen (secondary N) is 1. The van der Waals surface area contributed by atoms with E-state index in [1.807, 2.05) is 48.5 Å². The van der Waals surface area contributed by atoms with Gasteiger partial charge in [-0.1, -0.05) is 30.3 Å². The molecule has 1 aromatic heterocycles. The fourth-order valence-corrected chi connectivity index (χ4v) is 3.46. The first-order valence-electron chi connectivity index (χ1n) is 9.76. The van der Waals surface area contributed by atoms with Crippen LogP contribution < -0.4 is 25.2 Å². The Balaban J connectivity index is 1.85. The number of benzene rings is 3. The Morgan fingerprint density at radius 3 is 2.32 bits per heavy atom. The predicted octanol–water partition coefficient (Wildman–Crippen LogP) is 3.83. The summed E-state index contributed by atoms with van der Waals surface area (Å²) in [5, 5.41) is 0.527. The number of fused-ring (bicyclic) bond motifs is 1.